The summed E-state index contributed by atoms with van der Waals surface area (Å²) < 4.78 is 31.3. The number of nitrogens with two attached hydrogens (primary N) is 1. The number of hydrogen-bond donors (Lipinski definition) is 2. The van der Waals surface area contributed by atoms with Gasteiger partial charge in [-0.25, -0.2) is 0 Å². The van der Waals surface area contributed by atoms with Crippen LogP contribution in [0.4, 0.5) is 0 Å². The molecule has 2 unspecified atom stereocenters. The molecule has 0 bridgehead atoms. The maximum absolute atomic E-state index is 11.5. The van der Waals surface area contributed by atoms with E-state index in [1.165, 1.54) is 7.11 Å². The molecule has 9 heteroatoms. The van der Waals surface area contributed by atoms with Crippen molar-refractivity contribution in [3.8, 4) is 22.6 Å². The van der Waals surface area contributed by atoms with E-state index in [9.17, 15) is 4.79 Å². The summed E-state index contributed by atoms with van der Waals surface area (Å²) in [6, 6.07) is 10.8. The Hall–Kier alpha value is -2.69. The molecule has 2 aromatic carbocycles. The molecule has 0 spiro atoms. The Morgan fingerprint density at radius 3 is 1.90 bits per heavy atom. The summed E-state index contributed by atoms with van der Waals surface area (Å²) in [7, 11) is 6.22. The lowest BCUT2D eigenvalue weighted by Crippen LogP contribution is -2.33. The van der Waals surface area contributed by atoms with E-state index < -0.39 is 12.0 Å². The van der Waals surface area contributed by atoms with Crippen LogP contribution in [0.25, 0.3) is 11.1 Å². The van der Waals surface area contributed by atoms with Crippen LogP contribution in [-0.2, 0) is 36.8 Å². The minimum absolute atomic E-state index is 0.0294. The lowest BCUT2D eigenvalue weighted by atomic mass is 9.98. The van der Waals surface area contributed by atoms with Crippen LogP contribution < -0.4 is 15.2 Å². The summed E-state index contributed by atoms with van der Waals surface area (Å²) in [5.41, 5.74) is 9.36. The lowest BCUT2D eigenvalue weighted by Gasteiger charge is -2.16. The van der Waals surface area contributed by atoms with Crippen LogP contribution in [0.2, 0.25) is 0 Å². The Morgan fingerprint density at radius 2 is 1.46 bits per heavy atom. The monoisotopic (exact) mass is 581 g/mol. The molecule has 0 aromatic heterocycles. The number of benzene rings is 2. The van der Waals surface area contributed by atoms with Crippen molar-refractivity contribution >= 4 is 5.97 Å². The van der Waals surface area contributed by atoms with Crippen LogP contribution >= 0.6 is 0 Å². The molecular weight excluding hydrogens is 526 g/mol. The van der Waals surface area contributed by atoms with Crippen LogP contribution in [0, 0.1) is 0 Å². The van der Waals surface area contributed by atoms with Gasteiger partial charge in [-0.15, -0.1) is 0 Å². The maximum Gasteiger partial charge on any atom is 0.322 e. The number of aliphatic hydroxyl groups excluding tert-OH is 1. The average molecular weight is 582 g/mol. The minimum atomic E-state index is -0.696. The van der Waals surface area contributed by atoms with Crippen molar-refractivity contribution in [1.82, 2.24) is 0 Å². The Bertz CT molecular complexity index is 880. The Labute approximate surface area is 248 Å². The van der Waals surface area contributed by atoms with Gasteiger partial charge < -0.3 is 39.3 Å². The molecule has 2 atom stereocenters. The Kier molecular flexibility index (Phi) is 25.9. The quantitative estimate of drug-likeness (QED) is 0.210. The van der Waals surface area contributed by atoms with Gasteiger partial charge >= 0.3 is 5.97 Å². The molecule has 3 N–H and O–H groups in total. The van der Waals surface area contributed by atoms with Gasteiger partial charge in [-0.3, -0.25) is 4.79 Å². The fraction of sp³-hybridized carbons (Fsp3) is 0.594. The Balaban J connectivity index is 0. The molecular formula is C32H55NO8. The molecule has 0 aliphatic carbocycles. The van der Waals surface area contributed by atoms with Crippen LogP contribution in [0.15, 0.2) is 36.4 Å². The highest BCUT2D eigenvalue weighted by atomic mass is 16.5. The van der Waals surface area contributed by atoms with Crippen LogP contribution in [0.3, 0.4) is 0 Å². The van der Waals surface area contributed by atoms with Gasteiger partial charge in [0.1, 0.15) is 17.5 Å². The zero-order chi connectivity index (χ0) is 31.6. The minimum Gasteiger partial charge on any atom is -0.496 e. The van der Waals surface area contributed by atoms with Crippen molar-refractivity contribution in [2.75, 3.05) is 54.9 Å². The van der Waals surface area contributed by atoms with Gasteiger partial charge in [-0.2, -0.15) is 0 Å². The van der Waals surface area contributed by atoms with Gasteiger partial charge in [-0.05, 0) is 55.5 Å². The van der Waals surface area contributed by atoms with Gasteiger partial charge in [0.05, 0.1) is 52.8 Å². The third kappa shape index (κ3) is 16.4. The Morgan fingerprint density at radius 1 is 0.902 bits per heavy atom. The normalized spacial score (nSPS) is 11.3. The molecule has 0 saturated heterocycles. The summed E-state index contributed by atoms with van der Waals surface area (Å²) in [6.07, 6.45) is 1.72. The zero-order valence-corrected chi connectivity index (χ0v) is 27.0. The predicted octanol–water partition coefficient (Wildman–Crippen LogP) is 5.42. The van der Waals surface area contributed by atoms with Gasteiger partial charge in [-0.1, -0.05) is 52.0 Å². The number of ether oxygens (including phenoxy) is 6. The highest BCUT2D eigenvalue weighted by Crippen LogP contribution is 2.40. The van der Waals surface area contributed by atoms with Crippen molar-refractivity contribution in [3.05, 3.63) is 47.5 Å². The average Bonchev–Trinajstić information content (AvgIpc) is 3.02. The summed E-state index contributed by atoms with van der Waals surface area (Å²) in [6.45, 7) is 14.2. The van der Waals surface area contributed by atoms with Crippen LogP contribution in [0.5, 0.6) is 11.5 Å². The first-order valence-electron chi connectivity index (χ1n) is 14.3. The summed E-state index contributed by atoms with van der Waals surface area (Å²) in [5, 5.41) is 8.85. The maximum atomic E-state index is 11.5. The highest BCUT2D eigenvalue weighted by Gasteiger charge is 2.17. The van der Waals surface area contributed by atoms with Crippen molar-refractivity contribution in [3.63, 3.8) is 0 Å². The molecule has 0 heterocycles. The summed E-state index contributed by atoms with van der Waals surface area (Å²) >= 11 is 0. The molecule has 0 saturated carbocycles. The van der Waals surface area contributed by atoms with Crippen molar-refractivity contribution in [2.45, 2.75) is 73.1 Å². The van der Waals surface area contributed by atoms with Crippen LogP contribution in [0.1, 0.15) is 59.1 Å². The van der Waals surface area contributed by atoms with E-state index in [0.29, 0.717) is 30.6 Å². The molecule has 0 fully saturated rings. The first-order valence-corrected chi connectivity index (χ1v) is 14.3. The molecule has 9 nitrogen and oxygen atoms in total. The first kappa shape index (κ1) is 40.4. The molecule has 2 rings (SSSR count). The van der Waals surface area contributed by atoms with Crippen molar-refractivity contribution in [2.24, 2.45) is 5.73 Å². The van der Waals surface area contributed by atoms with Gasteiger partial charge in [0.15, 0.2) is 0 Å². The summed E-state index contributed by atoms with van der Waals surface area (Å²) in [5.74, 6) is 0.869. The fourth-order valence-electron chi connectivity index (χ4n) is 3.54. The number of rotatable bonds is 15. The molecule has 2 aromatic rings. The zero-order valence-electron chi connectivity index (χ0n) is 27.0. The number of methoxy groups -OCH3 is 4. The summed E-state index contributed by atoms with van der Waals surface area (Å²) in [4.78, 5) is 11.5. The number of carbonyl (C=O) groups is 1. The van der Waals surface area contributed by atoms with Gasteiger partial charge in [0.25, 0.3) is 0 Å². The van der Waals surface area contributed by atoms with Gasteiger partial charge in [0, 0.05) is 20.3 Å². The standard InChI is InChI=1S/C21H27NO6.C7H16O2.2C2H6/c1-25-18-11-15(13-28-9-8-23)12-19(26-2)20(18)16-6-4-14(5-7-16)10-17(22)21(24)27-3;1-4-9-7(2)5-6-8-3;2*1-2/h4-7,11-12,17,23H,8-10,13,22H2,1-3H3;7H,4-6H2,1-3H3;2*1-2H3. The van der Waals surface area contributed by atoms with E-state index in [0.717, 1.165) is 41.9 Å². The van der Waals surface area contributed by atoms with E-state index in [1.54, 1.807) is 21.3 Å². The second-order valence-electron chi connectivity index (χ2n) is 8.23. The van der Waals surface area contributed by atoms with E-state index in [2.05, 4.69) is 11.7 Å². The number of aliphatic hydroxyl groups is 1. The third-order valence-corrected chi connectivity index (χ3v) is 5.45. The highest BCUT2D eigenvalue weighted by molar-refractivity contribution is 5.78. The number of carbonyl (C=O) groups excluding carboxylic acids is 1. The SMILES string of the molecule is CC.CC.CCOC(C)CCOC.COC(=O)C(N)Cc1ccc(-c2c(OC)cc(COCCO)cc2OC)cc1. The van der Waals surface area contributed by atoms with Crippen molar-refractivity contribution < 1.29 is 38.3 Å². The van der Waals surface area contributed by atoms with E-state index >= 15 is 0 Å². The van der Waals surface area contributed by atoms with Crippen LogP contribution in [-0.4, -0.2) is 78.1 Å². The molecule has 236 valence electrons. The van der Waals surface area contributed by atoms with E-state index in [1.807, 2.05) is 71.0 Å². The predicted molar refractivity (Wildman–Crippen MR) is 166 cm³/mol. The lowest BCUT2D eigenvalue weighted by molar-refractivity contribution is -0.142. The third-order valence-electron chi connectivity index (χ3n) is 5.45. The molecule has 41 heavy (non-hydrogen) atoms. The number of hydrogen-bond acceptors (Lipinski definition) is 9. The fourth-order valence-corrected chi connectivity index (χ4v) is 3.54. The second-order valence-corrected chi connectivity index (χ2v) is 8.23. The largest absolute Gasteiger partial charge is 0.496 e. The molecule has 0 amide bonds. The van der Waals surface area contributed by atoms with Gasteiger partial charge in [0.2, 0.25) is 0 Å². The molecule has 0 aliphatic rings. The van der Waals surface area contributed by atoms with Crippen molar-refractivity contribution in [1.29, 1.82) is 0 Å². The molecule has 0 radical (unpaired) electrons. The number of esters is 1. The first-order chi connectivity index (χ1) is 19.8. The topological polar surface area (TPSA) is 119 Å². The van der Waals surface area contributed by atoms with E-state index in [4.69, 9.17) is 34.5 Å². The second kappa shape index (κ2) is 26.2. The smallest absolute Gasteiger partial charge is 0.322 e. The van der Waals surface area contributed by atoms with E-state index in [-0.39, 0.29) is 13.2 Å². The molecule has 0 aliphatic heterocycles.